The molecule has 0 radical (unpaired) electrons. The number of aromatic nitrogens is 4. The van der Waals surface area contributed by atoms with Gasteiger partial charge in [-0.25, -0.2) is 14.8 Å². The molecule has 1 aliphatic carbocycles. The van der Waals surface area contributed by atoms with E-state index >= 15 is 0 Å². The van der Waals surface area contributed by atoms with Gasteiger partial charge in [0.15, 0.2) is 11.5 Å². The highest BCUT2D eigenvalue weighted by molar-refractivity contribution is 5.98. The number of nitrogens with zero attached hydrogens (tertiary/aromatic N) is 6. The Morgan fingerprint density at radius 1 is 1.05 bits per heavy atom. The van der Waals surface area contributed by atoms with Crippen molar-refractivity contribution in [2.24, 2.45) is 5.92 Å². The summed E-state index contributed by atoms with van der Waals surface area (Å²) in [5.74, 6) is 1.52. The summed E-state index contributed by atoms with van der Waals surface area (Å²) in [7, 11) is 0. The van der Waals surface area contributed by atoms with Crippen molar-refractivity contribution >= 4 is 22.9 Å². The van der Waals surface area contributed by atoms with Crippen LogP contribution in [0.2, 0.25) is 0 Å². The minimum atomic E-state index is -0.329. The number of para-hydroxylation sites is 1. The molecule has 0 unspecified atom stereocenters. The van der Waals surface area contributed by atoms with Crippen LogP contribution in [0.1, 0.15) is 18.9 Å². The first-order valence-electron chi connectivity index (χ1n) is 12.0. The van der Waals surface area contributed by atoms with E-state index in [4.69, 9.17) is 10.5 Å². The zero-order valence-electron chi connectivity index (χ0n) is 19.8. The second-order valence-electron chi connectivity index (χ2n) is 9.22. The number of allylic oxidation sites excluding steroid dienone is 1. The van der Waals surface area contributed by atoms with Crippen LogP contribution in [0.4, 0.5) is 5.82 Å². The van der Waals surface area contributed by atoms with Crippen molar-refractivity contribution < 1.29 is 9.53 Å². The smallest absolute Gasteiger partial charge is 0.335 e. The van der Waals surface area contributed by atoms with Crippen molar-refractivity contribution in [2.45, 2.75) is 18.9 Å². The topological polar surface area (TPSA) is 132 Å². The maximum Gasteiger partial charge on any atom is 0.335 e. The van der Waals surface area contributed by atoms with E-state index in [2.05, 4.69) is 9.97 Å². The Morgan fingerprint density at radius 3 is 2.43 bits per heavy atom. The van der Waals surface area contributed by atoms with Crippen molar-refractivity contribution in [1.82, 2.24) is 24.0 Å². The predicted molar refractivity (Wildman–Crippen MR) is 136 cm³/mol. The highest BCUT2D eigenvalue weighted by Crippen LogP contribution is 2.33. The summed E-state index contributed by atoms with van der Waals surface area (Å²) in [6.07, 6.45) is 5.10. The Labute approximate surface area is 211 Å². The molecule has 2 N–H and O–H groups in total. The van der Waals surface area contributed by atoms with Gasteiger partial charge in [0.1, 0.15) is 35.0 Å². The molecule has 0 spiro atoms. The number of nitrogens with two attached hydrogens (primary N) is 1. The molecular formula is C27H23N7O3. The molecule has 37 heavy (non-hydrogen) atoms. The first-order valence-corrected chi connectivity index (χ1v) is 12.0. The van der Waals surface area contributed by atoms with E-state index < -0.39 is 0 Å². The predicted octanol–water partition coefficient (Wildman–Crippen LogP) is 3.20. The number of rotatable bonds is 6. The van der Waals surface area contributed by atoms with E-state index in [9.17, 15) is 14.9 Å². The van der Waals surface area contributed by atoms with Crippen molar-refractivity contribution in [1.29, 1.82) is 5.26 Å². The number of nitrogen functional groups attached to an aromatic ring is 1. The number of hydrogen-bond acceptors (Lipinski definition) is 7. The quantitative estimate of drug-likeness (QED) is 0.322. The Kier molecular flexibility index (Phi) is 5.45. The molecule has 3 heterocycles. The van der Waals surface area contributed by atoms with Gasteiger partial charge < -0.3 is 15.4 Å². The van der Waals surface area contributed by atoms with Crippen molar-refractivity contribution in [3.05, 3.63) is 83.1 Å². The molecule has 2 aromatic heterocycles. The van der Waals surface area contributed by atoms with Crippen LogP contribution in [0.3, 0.4) is 0 Å². The van der Waals surface area contributed by atoms with Gasteiger partial charge in [-0.15, -0.1) is 0 Å². The van der Waals surface area contributed by atoms with Crippen molar-refractivity contribution in [2.75, 3.05) is 18.8 Å². The SMILES string of the molecule is N#CC(=CC1CC1)C(=O)N1CC(n2c(=O)n(-c3ccc(Oc4ccccc4)cc3)c3c(N)ncnc32)C1. The fourth-order valence-corrected chi connectivity index (χ4v) is 4.53. The lowest BCUT2D eigenvalue weighted by Gasteiger charge is -2.39. The number of benzene rings is 2. The molecule has 2 aromatic carbocycles. The van der Waals surface area contributed by atoms with Gasteiger partial charge in [0.25, 0.3) is 5.91 Å². The lowest BCUT2D eigenvalue weighted by Crippen LogP contribution is -2.53. The normalized spacial score (nSPS) is 15.9. The Bertz CT molecular complexity index is 1620. The van der Waals surface area contributed by atoms with Gasteiger partial charge in [0.05, 0.1) is 11.7 Å². The van der Waals surface area contributed by atoms with E-state index in [1.54, 1.807) is 39.8 Å². The maximum absolute atomic E-state index is 13.7. The number of nitriles is 1. The maximum atomic E-state index is 13.7. The molecule has 0 bridgehead atoms. The summed E-state index contributed by atoms with van der Waals surface area (Å²) in [5, 5.41) is 9.41. The number of imidazole rings is 1. The van der Waals surface area contributed by atoms with E-state index in [0.717, 1.165) is 12.8 Å². The number of carbonyl (C=O) groups excluding carboxylic acids is 1. The molecule has 4 aromatic rings. The van der Waals surface area contributed by atoms with E-state index in [1.807, 2.05) is 36.4 Å². The second kappa shape index (κ2) is 8.95. The van der Waals surface area contributed by atoms with Crippen LogP contribution in [-0.2, 0) is 4.79 Å². The number of amides is 1. The van der Waals surface area contributed by atoms with Gasteiger partial charge in [-0.1, -0.05) is 24.3 Å². The highest BCUT2D eigenvalue weighted by atomic mass is 16.5. The lowest BCUT2D eigenvalue weighted by molar-refractivity contribution is -0.132. The third-order valence-corrected chi connectivity index (χ3v) is 6.64. The summed E-state index contributed by atoms with van der Waals surface area (Å²) in [6.45, 7) is 0.602. The fraction of sp³-hybridized carbons (Fsp3) is 0.222. The Balaban J connectivity index is 1.30. The molecule has 1 aliphatic heterocycles. The summed E-state index contributed by atoms with van der Waals surface area (Å²) < 4.78 is 8.90. The number of hydrogen-bond donors (Lipinski definition) is 1. The number of anilines is 1. The lowest BCUT2D eigenvalue weighted by atomic mass is 10.1. The number of likely N-dealkylation sites (tertiary alicyclic amines) is 1. The Hall–Kier alpha value is -4.91. The van der Waals surface area contributed by atoms with Gasteiger partial charge in [-0.05, 0) is 55.2 Å². The third kappa shape index (κ3) is 4.10. The molecule has 1 saturated carbocycles. The zero-order chi connectivity index (χ0) is 25.5. The van der Waals surface area contributed by atoms with E-state index in [-0.39, 0.29) is 29.0 Å². The molecule has 10 nitrogen and oxygen atoms in total. The van der Waals surface area contributed by atoms with Crippen LogP contribution in [-0.4, -0.2) is 43.0 Å². The largest absolute Gasteiger partial charge is 0.457 e. The molecule has 0 atom stereocenters. The standard InChI is InChI=1S/C27H23N7O3/c28-13-18(12-17-6-7-17)26(35)32-14-20(15-32)34-25-23(24(29)30-16-31-25)33(27(34)36)19-8-10-22(11-9-19)37-21-4-2-1-3-5-21/h1-5,8-12,16-17,20H,6-7,14-15H2,(H2,29,30,31). The molecular weight excluding hydrogens is 470 g/mol. The number of carbonyl (C=O) groups is 1. The molecule has 1 amide bonds. The van der Waals surface area contributed by atoms with Crippen molar-refractivity contribution in [3.63, 3.8) is 0 Å². The van der Waals surface area contributed by atoms with Gasteiger partial charge in [-0.2, -0.15) is 5.26 Å². The fourth-order valence-electron chi connectivity index (χ4n) is 4.53. The zero-order valence-corrected chi connectivity index (χ0v) is 19.8. The van der Waals surface area contributed by atoms with Gasteiger partial charge in [0.2, 0.25) is 0 Å². The third-order valence-electron chi connectivity index (χ3n) is 6.64. The molecule has 2 fully saturated rings. The van der Waals surface area contributed by atoms with Crippen molar-refractivity contribution in [3.8, 4) is 23.3 Å². The number of ether oxygens (including phenoxy) is 1. The first kappa shape index (κ1) is 22.5. The molecule has 184 valence electrons. The average molecular weight is 494 g/mol. The summed E-state index contributed by atoms with van der Waals surface area (Å²) in [6, 6.07) is 18.2. The molecule has 1 saturated heterocycles. The van der Waals surface area contributed by atoms with Gasteiger partial charge in [-0.3, -0.25) is 13.9 Å². The Morgan fingerprint density at radius 2 is 1.76 bits per heavy atom. The van der Waals surface area contributed by atoms with Gasteiger partial charge in [0, 0.05) is 13.1 Å². The van der Waals surface area contributed by atoms with Crippen LogP contribution in [0.15, 0.2) is 77.4 Å². The molecule has 10 heteroatoms. The average Bonchev–Trinajstić information content (AvgIpc) is 3.66. The second-order valence-corrected chi connectivity index (χ2v) is 9.22. The van der Waals surface area contributed by atoms with Crippen LogP contribution < -0.4 is 16.2 Å². The van der Waals surface area contributed by atoms with Crippen LogP contribution in [0, 0.1) is 17.2 Å². The minimum Gasteiger partial charge on any atom is -0.457 e. The van der Waals surface area contributed by atoms with Crippen LogP contribution in [0.25, 0.3) is 16.9 Å². The van der Waals surface area contributed by atoms with Crippen LogP contribution in [0.5, 0.6) is 11.5 Å². The monoisotopic (exact) mass is 493 g/mol. The first-order chi connectivity index (χ1) is 18.0. The minimum absolute atomic E-state index is 0.167. The summed E-state index contributed by atoms with van der Waals surface area (Å²) >= 11 is 0. The highest BCUT2D eigenvalue weighted by Gasteiger charge is 2.37. The molecule has 2 aliphatic rings. The summed E-state index contributed by atoms with van der Waals surface area (Å²) in [5.41, 5.74) is 7.42. The molecule has 6 rings (SSSR count). The van der Waals surface area contributed by atoms with Crippen LogP contribution >= 0.6 is 0 Å². The number of fused-ring (bicyclic) bond motifs is 1. The van der Waals surface area contributed by atoms with Gasteiger partial charge >= 0.3 is 5.69 Å². The van der Waals surface area contributed by atoms with E-state index in [1.165, 1.54) is 10.9 Å². The van der Waals surface area contributed by atoms with E-state index in [0.29, 0.717) is 47.4 Å². The summed E-state index contributed by atoms with van der Waals surface area (Å²) in [4.78, 5) is 36.5.